The van der Waals surface area contributed by atoms with E-state index in [4.69, 9.17) is 9.47 Å². The van der Waals surface area contributed by atoms with E-state index in [1.54, 1.807) is 30.5 Å². The predicted molar refractivity (Wildman–Crippen MR) is 71.9 cm³/mol. The zero-order valence-electron chi connectivity index (χ0n) is 10.7. The maximum Gasteiger partial charge on any atom is 0.229 e. The maximum atomic E-state index is 10.8. The van der Waals surface area contributed by atoms with Crippen LogP contribution in [0.25, 0.3) is 0 Å². The van der Waals surface area contributed by atoms with Crippen molar-refractivity contribution in [2.24, 2.45) is 0 Å². The molecule has 0 unspecified atom stereocenters. The van der Waals surface area contributed by atoms with Crippen LogP contribution in [-0.2, 0) is 0 Å². The molecule has 0 aliphatic heterocycles. The number of carbonyl (C=O) groups is 1. The van der Waals surface area contributed by atoms with Gasteiger partial charge in [0.1, 0.15) is 11.5 Å². The summed E-state index contributed by atoms with van der Waals surface area (Å²) in [6.07, 6.45) is 3.27. The molecule has 0 spiro atoms. The second-order valence-corrected chi connectivity index (χ2v) is 3.94. The molecule has 0 saturated carbocycles. The Hall–Kier alpha value is -2.36. The van der Waals surface area contributed by atoms with Crippen molar-refractivity contribution in [3.63, 3.8) is 0 Å². The Labute approximate surface area is 112 Å². The number of hydrogen-bond acceptors (Lipinski definition) is 4. The number of ether oxygens (including phenoxy) is 2. The second kappa shape index (κ2) is 6.54. The minimum atomic E-state index is 0.305. The van der Waals surface area contributed by atoms with E-state index in [9.17, 15) is 4.79 Å². The maximum absolute atomic E-state index is 10.8. The van der Waals surface area contributed by atoms with Crippen molar-refractivity contribution in [1.82, 2.24) is 4.98 Å². The van der Waals surface area contributed by atoms with Crippen LogP contribution < -0.4 is 9.47 Å². The van der Waals surface area contributed by atoms with Gasteiger partial charge in [-0.2, -0.15) is 0 Å². The van der Waals surface area contributed by atoms with Crippen LogP contribution >= 0.6 is 0 Å². The third-order valence-electron chi connectivity index (χ3n) is 2.44. The van der Waals surface area contributed by atoms with Crippen LogP contribution in [0.15, 0.2) is 42.6 Å². The zero-order valence-corrected chi connectivity index (χ0v) is 10.7. The molecule has 0 saturated heterocycles. The van der Waals surface area contributed by atoms with Gasteiger partial charge in [-0.15, -0.1) is 0 Å². The Kier molecular flexibility index (Phi) is 4.50. The first-order valence-electron chi connectivity index (χ1n) is 6.14. The molecule has 1 heterocycles. The minimum Gasteiger partial charge on any atom is -0.494 e. The van der Waals surface area contributed by atoms with Gasteiger partial charge in [-0.3, -0.25) is 4.79 Å². The topological polar surface area (TPSA) is 48.4 Å². The van der Waals surface area contributed by atoms with Gasteiger partial charge in [0.05, 0.1) is 12.2 Å². The molecule has 0 aliphatic carbocycles. The Morgan fingerprint density at radius 2 is 1.89 bits per heavy atom. The summed E-state index contributed by atoms with van der Waals surface area (Å²) in [5.74, 6) is 1.72. The quantitative estimate of drug-likeness (QED) is 0.743. The Morgan fingerprint density at radius 1 is 1.16 bits per heavy atom. The number of carbonyl (C=O) groups excluding carboxylic acids is 1. The standard InChI is InChI=1S/C15H15NO3/c1-2-10-18-13-5-7-14(8-6-13)19-15-12(11-17)4-3-9-16-15/h3-9,11H,2,10H2,1H3. The van der Waals surface area contributed by atoms with Gasteiger partial charge in [-0.1, -0.05) is 6.92 Å². The number of rotatable bonds is 6. The van der Waals surface area contributed by atoms with Crippen molar-refractivity contribution in [1.29, 1.82) is 0 Å². The van der Waals surface area contributed by atoms with Crippen LogP contribution in [0, 0.1) is 0 Å². The first-order valence-corrected chi connectivity index (χ1v) is 6.14. The summed E-state index contributed by atoms with van der Waals surface area (Å²) in [6, 6.07) is 10.6. The summed E-state index contributed by atoms with van der Waals surface area (Å²) in [6.45, 7) is 2.75. The summed E-state index contributed by atoms with van der Waals surface area (Å²) in [5.41, 5.74) is 0.425. The van der Waals surface area contributed by atoms with Crippen LogP contribution in [0.3, 0.4) is 0 Å². The molecule has 2 aromatic rings. The molecule has 1 aromatic carbocycles. The number of aldehydes is 1. The average Bonchev–Trinajstić information content (AvgIpc) is 2.47. The van der Waals surface area contributed by atoms with Gasteiger partial charge in [0.25, 0.3) is 0 Å². The molecule has 1 aromatic heterocycles. The molecule has 4 nitrogen and oxygen atoms in total. The Bertz CT molecular complexity index is 537. The number of nitrogens with zero attached hydrogens (tertiary/aromatic N) is 1. The van der Waals surface area contributed by atoms with Gasteiger partial charge in [0.2, 0.25) is 5.88 Å². The number of aromatic nitrogens is 1. The second-order valence-electron chi connectivity index (χ2n) is 3.94. The number of benzene rings is 1. The molecular weight excluding hydrogens is 242 g/mol. The molecule has 0 amide bonds. The Morgan fingerprint density at radius 3 is 2.58 bits per heavy atom. The molecular formula is C15H15NO3. The average molecular weight is 257 g/mol. The van der Waals surface area contributed by atoms with Crippen LogP contribution in [0.1, 0.15) is 23.7 Å². The van der Waals surface area contributed by atoms with Crippen LogP contribution in [0.2, 0.25) is 0 Å². The van der Waals surface area contributed by atoms with Gasteiger partial charge >= 0.3 is 0 Å². The molecule has 0 atom stereocenters. The van der Waals surface area contributed by atoms with Crippen LogP contribution in [0.5, 0.6) is 17.4 Å². The van der Waals surface area contributed by atoms with E-state index in [-0.39, 0.29) is 0 Å². The molecule has 0 fully saturated rings. The van der Waals surface area contributed by atoms with Crippen LogP contribution in [0.4, 0.5) is 0 Å². The fourth-order valence-corrected chi connectivity index (χ4v) is 1.51. The monoisotopic (exact) mass is 257 g/mol. The van der Waals surface area contributed by atoms with Crippen molar-refractivity contribution in [2.75, 3.05) is 6.61 Å². The fraction of sp³-hybridized carbons (Fsp3) is 0.200. The summed E-state index contributed by atoms with van der Waals surface area (Å²) >= 11 is 0. The minimum absolute atomic E-state index is 0.305. The smallest absolute Gasteiger partial charge is 0.229 e. The van der Waals surface area contributed by atoms with E-state index in [0.717, 1.165) is 18.5 Å². The molecule has 19 heavy (non-hydrogen) atoms. The summed E-state index contributed by atoms with van der Waals surface area (Å²) in [4.78, 5) is 14.9. The highest BCUT2D eigenvalue weighted by Crippen LogP contribution is 2.24. The van der Waals surface area contributed by atoms with Crippen molar-refractivity contribution in [3.8, 4) is 17.4 Å². The summed E-state index contributed by atoms with van der Waals surface area (Å²) in [5, 5.41) is 0. The fourth-order valence-electron chi connectivity index (χ4n) is 1.51. The first-order chi connectivity index (χ1) is 9.33. The van der Waals surface area contributed by atoms with Crippen molar-refractivity contribution in [3.05, 3.63) is 48.2 Å². The van der Waals surface area contributed by atoms with Gasteiger partial charge < -0.3 is 9.47 Å². The van der Waals surface area contributed by atoms with E-state index >= 15 is 0 Å². The lowest BCUT2D eigenvalue weighted by atomic mass is 10.3. The third kappa shape index (κ3) is 3.55. The zero-order chi connectivity index (χ0) is 13.5. The van der Waals surface area contributed by atoms with Gasteiger partial charge in [0.15, 0.2) is 6.29 Å². The highest BCUT2D eigenvalue weighted by molar-refractivity contribution is 5.78. The normalized spacial score (nSPS) is 9.95. The van der Waals surface area contributed by atoms with Crippen molar-refractivity contribution < 1.29 is 14.3 Å². The third-order valence-corrected chi connectivity index (χ3v) is 2.44. The molecule has 0 radical (unpaired) electrons. The van der Waals surface area contributed by atoms with E-state index in [2.05, 4.69) is 11.9 Å². The van der Waals surface area contributed by atoms with Gasteiger partial charge in [-0.05, 0) is 42.8 Å². The van der Waals surface area contributed by atoms with Crippen molar-refractivity contribution in [2.45, 2.75) is 13.3 Å². The van der Waals surface area contributed by atoms with E-state index in [1.165, 1.54) is 0 Å². The van der Waals surface area contributed by atoms with Crippen molar-refractivity contribution >= 4 is 6.29 Å². The highest BCUT2D eigenvalue weighted by atomic mass is 16.5. The molecule has 0 bridgehead atoms. The van der Waals surface area contributed by atoms with Gasteiger partial charge in [0, 0.05) is 6.20 Å². The largest absolute Gasteiger partial charge is 0.494 e. The SMILES string of the molecule is CCCOc1ccc(Oc2ncccc2C=O)cc1. The number of hydrogen-bond donors (Lipinski definition) is 0. The van der Waals surface area contributed by atoms with E-state index < -0.39 is 0 Å². The number of pyridine rings is 1. The molecule has 2 rings (SSSR count). The lowest BCUT2D eigenvalue weighted by Crippen LogP contribution is -1.95. The highest BCUT2D eigenvalue weighted by Gasteiger charge is 2.05. The van der Waals surface area contributed by atoms with E-state index in [1.807, 2.05) is 12.1 Å². The molecule has 0 N–H and O–H groups in total. The Balaban J connectivity index is 2.08. The molecule has 98 valence electrons. The van der Waals surface area contributed by atoms with Gasteiger partial charge in [-0.25, -0.2) is 4.98 Å². The molecule has 0 aliphatic rings. The lowest BCUT2D eigenvalue weighted by Gasteiger charge is -2.08. The first kappa shape index (κ1) is 13.1. The van der Waals surface area contributed by atoms with E-state index in [0.29, 0.717) is 23.8 Å². The lowest BCUT2D eigenvalue weighted by molar-refractivity contribution is 0.112. The summed E-state index contributed by atoms with van der Waals surface area (Å²) in [7, 11) is 0. The summed E-state index contributed by atoms with van der Waals surface area (Å²) < 4.78 is 11.0. The predicted octanol–water partition coefficient (Wildman–Crippen LogP) is 3.48. The van der Waals surface area contributed by atoms with Crippen LogP contribution in [-0.4, -0.2) is 17.9 Å². The molecule has 4 heteroatoms.